The molecule has 0 fully saturated rings. The number of rotatable bonds is 3. The fourth-order valence-electron chi connectivity index (χ4n) is 2.16. The van der Waals surface area contributed by atoms with E-state index in [1.807, 2.05) is 24.3 Å². The first kappa shape index (κ1) is 13.6. The highest BCUT2D eigenvalue weighted by atomic mass is 19.1. The summed E-state index contributed by atoms with van der Waals surface area (Å²) in [6.45, 7) is 3.51. The first-order valence-electron chi connectivity index (χ1n) is 6.19. The highest BCUT2D eigenvalue weighted by Crippen LogP contribution is 2.25. The van der Waals surface area contributed by atoms with E-state index in [2.05, 4.69) is 0 Å². The molecular weight excluding hydrogens is 241 g/mol. The number of hydrogen-bond acceptors (Lipinski definition) is 2. The third-order valence-corrected chi connectivity index (χ3v) is 3.29. The zero-order valence-corrected chi connectivity index (χ0v) is 11.4. The second kappa shape index (κ2) is 5.41. The lowest BCUT2D eigenvalue weighted by Gasteiger charge is -2.15. The molecular formula is C16H18FNO. The second-order valence-corrected chi connectivity index (χ2v) is 4.72. The lowest BCUT2D eigenvalue weighted by Crippen LogP contribution is -2.12. The predicted octanol–water partition coefficient (Wildman–Crippen LogP) is 3.50. The van der Waals surface area contributed by atoms with Crippen LogP contribution in [0.1, 0.15) is 28.3 Å². The molecule has 0 saturated heterocycles. The van der Waals surface area contributed by atoms with Gasteiger partial charge in [0.05, 0.1) is 13.2 Å². The molecule has 2 nitrogen and oxygen atoms in total. The molecule has 0 bridgehead atoms. The molecule has 2 aromatic rings. The van der Waals surface area contributed by atoms with Crippen molar-refractivity contribution in [3.8, 4) is 5.75 Å². The average Bonchev–Trinajstić information content (AvgIpc) is 2.43. The van der Waals surface area contributed by atoms with Crippen molar-refractivity contribution in [1.82, 2.24) is 0 Å². The van der Waals surface area contributed by atoms with E-state index < -0.39 is 0 Å². The molecule has 2 N–H and O–H groups in total. The summed E-state index contributed by atoms with van der Waals surface area (Å²) in [6, 6.07) is 10.9. The Bertz CT molecular complexity index is 555. The minimum atomic E-state index is -0.260. The Labute approximate surface area is 113 Å². The van der Waals surface area contributed by atoms with Crippen molar-refractivity contribution in [1.29, 1.82) is 0 Å². The van der Waals surface area contributed by atoms with Gasteiger partial charge in [-0.1, -0.05) is 24.3 Å². The first-order chi connectivity index (χ1) is 9.02. The maximum absolute atomic E-state index is 13.6. The van der Waals surface area contributed by atoms with Crippen LogP contribution in [0.2, 0.25) is 0 Å². The summed E-state index contributed by atoms with van der Waals surface area (Å²) >= 11 is 0. The molecule has 0 aliphatic rings. The molecule has 2 aromatic carbocycles. The average molecular weight is 259 g/mol. The number of aryl methyl sites for hydroxylation is 2. The molecule has 0 saturated carbocycles. The highest BCUT2D eigenvalue weighted by molar-refractivity contribution is 5.39. The highest BCUT2D eigenvalue weighted by Gasteiger charge is 2.12. The zero-order valence-electron chi connectivity index (χ0n) is 11.4. The normalized spacial score (nSPS) is 12.3. The Morgan fingerprint density at radius 3 is 2.00 bits per heavy atom. The Hall–Kier alpha value is -1.87. The van der Waals surface area contributed by atoms with Crippen LogP contribution in [0.15, 0.2) is 36.4 Å². The van der Waals surface area contributed by atoms with E-state index in [1.54, 1.807) is 33.1 Å². The van der Waals surface area contributed by atoms with E-state index in [-0.39, 0.29) is 11.9 Å². The molecule has 2 rings (SSSR count). The number of benzene rings is 2. The van der Waals surface area contributed by atoms with Crippen LogP contribution in [0.25, 0.3) is 0 Å². The van der Waals surface area contributed by atoms with Crippen LogP contribution in [0.3, 0.4) is 0 Å². The van der Waals surface area contributed by atoms with Gasteiger partial charge in [0.25, 0.3) is 0 Å². The number of halogens is 1. The van der Waals surface area contributed by atoms with Crippen LogP contribution < -0.4 is 10.5 Å². The molecule has 3 heteroatoms. The van der Waals surface area contributed by atoms with Gasteiger partial charge in [-0.05, 0) is 48.2 Å². The van der Waals surface area contributed by atoms with Gasteiger partial charge in [-0.3, -0.25) is 0 Å². The fraction of sp³-hybridized carbons (Fsp3) is 0.250. The molecule has 0 radical (unpaired) electrons. The van der Waals surface area contributed by atoms with Crippen molar-refractivity contribution in [2.24, 2.45) is 5.73 Å². The summed E-state index contributed by atoms with van der Waals surface area (Å²) in [5, 5.41) is 0. The van der Waals surface area contributed by atoms with Crippen molar-refractivity contribution < 1.29 is 9.13 Å². The van der Waals surface area contributed by atoms with Gasteiger partial charge >= 0.3 is 0 Å². The van der Waals surface area contributed by atoms with E-state index in [1.165, 1.54) is 0 Å². The third kappa shape index (κ3) is 2.76. The van der Waals surface area contributed by atoms with E-state index in [9.17, 15) is 4.39 Å². The topological polar surface area (TPSA) is 35.2 Å². The first-order valence-corrected chi connectivity index (χ1v) is 6.19. The summed E-state index contributed by atoms with van der Waals surface area (Å²) in [5.74, 6) is 0.632. The minimum Gasteiger partial charge on any atom is -0.497 e. The maximum atomic E-state index is 13.6. The standard InChI is InChI=1S/C16H18FNO/c1-10-8-13(9-11(2)15(10)17)16(18)12-4-6-14(19-3)7-5-12/h4-9,16H,18H2,1-3H3. The summed E-state index contributed by atoms with van der Waals surface area (Å²) in [6.07, 6.45) is 0. The van der Waals surface area contributed by atoms with E-state index >= 15 is 0 Å². The van der Waals surface area contributed by atoms with Crippen LogP contribution in [-0.4, -0.2) is 7.11 Å². The molecule has 0 aliphatic carbocycles. The minimum absolute atomic E-state index is 0.161. The van der Waals surface area contributed by atoms with Gasteiger partial charge in [0.15, 0.2) is 0 Å². The van der Waals surface area contributed by atoms with Crippen molar-refractivity contribution >= 4 is 0 Å². The van der Waals surface area contributed by atoms with Crippen LogP contribution in [0, 0.1) is 19.7 Å². The van der Waals surface area contributed by atoms with Gasteiger partial charge in [0.2, 0.25) is 0 Å². The van der Waals surface area contributed by atoms with Gasteiger partial charge in [0, 0.05) is 0 Å². The number of methoxy groups -OCH3 is 1. The summed E-state index contributed by atoms with van der Waals surface area (Å²) < 4.78 is 18.7. The molecule has 19 heavy (non-hydrogen) atoms. The smallest absolute Gasteiger partial charge is 0.129 e. The van der Waals surface area contributed by atoms with Gasteiger partial charge in [0.1, 0.15) is 11.6 Å². The van der Waals surface area contributed by atoms with Crippen molar-refractivity contribution in [2.75, 3.05) is 7.11 Å². The Kier molecular flexibility index (Phi) is 3.86. The molecule has 0 aromatic heterocycles. The van der Waals surface area contributed by atoms with E-state index in [4.69, 9.17) is 10.5 Å². The fourth-order valence-corrected chi connectivity index (χ4v) is 2.16. The van der Waals surface area contributed by atoms with Crippen molar-refractivity contribution in [3.63, 3.8) is 0 Å². The van der Waals surface area contributed by atoms with Gasteiger partial charge in [-0.25, -0.2) is 4.39 Å². The van der Waals surface area contributed by atoms with Crippen molar-refractivity contribution in [2.45, 2.75) is 19.9 Å². The monoisotopic (exact) mass is 259 g/mol. The van der Waals surface area contributed by atoms with E-state index in [0.29, 0.717) is 11.1 Å². The summed E-state index contributed by atoms with van der Waals surface area (Å²) in [4.78, 5) is 0. The lowest BCUT2D eigenvalue weighted by atomic mass is 9.96. The van der Waals surface area contributed by atoms with Crippen LogP contribution in [0.4, 0.5) is 4.39 Å². The van der Waals surface area contributed by atoms with Crippen LogP contribution in [0.5, 0.6) is 5.75 Å². The Morgan fingerprint density at radius 1 is 1.00 bits per heavy atom. The predicted molar refractivity (Wildman–Crippen MR) is 74.9 cm³/mol. The van der Waals surface area contributed by atoms with Crippen LogP contribution >= 0.6 is 0 Å². The maximum Gasteiger partial charge on any atom is 0.129 e. The molecule has 0 aliphatic heterocycles. The summed E-state index contributed by atoms with van der Waals surface area (Å²) in [5.41, 5.74) is 9.38. The molecule has 0 spiro atoms. The molecule has 1 unspecified atom stereocenters. The van der Waals surface area contributed by atoms with Gasteiger partial charge in [-0.2, -0.15) is 0 Å². The van der Waals surface area contributed by atoms with Crippen molar-refractivity contribution in [3.05, 3.63) is 64.5 Å². The largest absolute Gasteiger partial charge is 0.497 e. The lowest BCUT2D eigenvalue weighted by molar-refractivity contribution is 0.414. The van der Waals surface area contributed by atoms with E-state index in [0.717, 1.165) is 16.9 Å². The Morgan fingerprint density at radius 2 is 1.53 bits per heavy atom. The quantitative estimate of drug-likeness (QED) is 0.915. The molecule has 100 valence electrons. The zero-order chi connectivity index (χ0) is 14.0. The second-order valence-electron chi connectivity index (χ2n) is 4.72. The number of nitrogens with two attached hydrogens (primary N) is 1. The molecule has 0 heterocycles. The summed E-state index contributed by atoms with van der Waals surface area (Å²) in [7, 11) is 1.63. The molecule has 0 amide bonds. The Balaban J connectivity index is 2.35. The number of ether oxygens (including phenoxy) is 1. The third-order valence-electron chi connectivity index (χ3n) is 3.29. The molecule has 1 atom stereocenters. The SMILES string of the molecule is COc1ccc(C(N)c2cc(C)c(F)c(C)c2)cc1. The van der Waals surface area contributed by atoms with Gasteiger partial charge in [-0.15, -0.1) is 0 Å². The number of hydrogen-bond donors (Lipinski definition) is 1. The van der Waals surface area contributed by atoms with Crippen LogP contribution in [-0.2, 0) is 0 Å². The van der Waals surface area contributed by atoms with Gasteiger partial charge < -0.3 is 10.5 Å².